The van der Waals surface area contributed by atoms with E-state index in [1.165, 1.54) is 6.29 Å². The summed E-state index contributed by atoms with van der Waals surface area (Å²) in [6, 6.07) is 0. The van der Waals surface area contributed by atoms with Crippen molar-refractivity contribution < 1.29 is 31.0 Å². The van der Waals surface area contributed by atoms with Gasteiger partial charge in [0.1, 0.15) is 0 Å². The zero-order valence-electron chi connectivity index (χ0n) is 2.69. The second-order valence-corrected chi connectivity index (χ2v) is 0.322. The van der Waals surface area contributed by atoms with Crippen molar-refractivity contribution in [3.63, 3.8) is 0 Å². The van der Waals surface area contributed by atoms with Crippen molar-refractivity contribution in [3.8, 4) is 0 Å². The van der Waals surface area contributed by atoms with Gasteiger partial charge in [-0.25, -0.2) is 12.7 Å². The Kier molecular flexibility index (Phi) is 15.9. The third-order valence-electron chi connectivity index (χ3n) is 0.0833. The number of carbonyl (C=O) groups excluding carboxylic acids is 1. The van der Waals surface area contributed by atoms with Gasteiger partial charge in [0, 0.05) is 26.2 Å². The van der Waals surface area contributed by atoms with Gasteiger partial charge in [-0.3, -0.25) is 0 Å². The third kappa shape index (κ3) is 13.5. The molecule has 2 heteroatoms. The van der Waals surface area contributed by atoms with Crippen molar-refractivity contribution in [2.24, 2.45) is 0 Å². The van der Waals surface area contributed by atoms with E-state index in [-0.39, 0.29) is 26.2 Å². The number of hydrogen-bond acceptors (Lipinski definition) is 1. The van der Waals surface area contributed by atoms with Crippen LogP contribution in [0.15, 0.2) is 12.7 Å². The van der Waals surface area contributed by atoms with Gasteiger partial charge in [0.05, 0.1) is 0 Å². The molecule has 26 valence electrons. The first-order chi connectivity index (χ1) is 1.91. The Morgan fingerprint density at radius 3 is 2.00 bits per heavy atom. The number of rotatable bonds is 1. The Hall–Kier alpha value is 0.293. The van der Waals surface area contributed by atoms with Crippen molar-refractivity contribution in [1.82, 2.24) is 0 Å². The average Bonchev–Trinajstić information content (AvgIpc) is 1.37. The van der Waals surface area contributed by atoms with Crippen LogP contribution in [0.4, 0.5) is 0 Å². The quantitative estimate of drug-likeness (QED) is 0.383. The maximum atomic E-state index is 8.93. The number of allylic oxidation sites excluding steroid dienone is 1. The Morgan fingerprint density at radius 1 is 1.80 bits per heavy atom. The SMILES string of the molecule is C=C[C-]=O.[Zr]. The maximum Gasteiger partial charge on any atom is 0 e. The van der Waals surface area contributed by atoms with Crippen LogP contribution in [0.3, 0.4) is 0 Å². The van der Waals surface area contributed by atoms with E-state index in [0.29, 0.717) is 0 Å². The molecule has 0 aromatic heterocycles. The molecule has 0 N–H and O–H groups in total. The van der Waals surface area contributed by atoms with Crippen LogP contribution in [0.5, 0.6) is 0 Å². The van der Waals surface area contributed by atoms with Gasteiger partial charge < -0.3 is 4.79 Å². The van der Waals surface area contributed by atoms with Gasteiger partial charge in [-0.05, 0) is 6.29 Å². The van der Waals surface area contributed by atoms with Gasteiger partial charge in [0.15, 0.2) is 0 Å². The van der Waals surface area contributed by atoms with Crippen molar-refractivity contribution in [2.75, 3.05) is 0 Å². The molecule has 0 amide bonds. The number of hydrogen-bond donors (Lipinski definition) is 0. The molecule has 0 unspecified atom stereocenters. The molecule has 0 spiro atoms. The first-order valence-corrected chi connectivity index (χ1v) is 0.901. The summed E-state index contributed by atoms with van der Waals surface area (Å²) >= 11 is 0. The van der Waals surface area contributed by atoms with Gasteiger partial charge >= 0.3 is 0 Å². The van der Waals surface area contributed by atoms with E-state index < -0.39 is 0 Å². The zero-order chi connectivity index (χ0) is 3.41. The third-order valence-corrected chi connectivity index (χ3v) is 0.0833. The smallest absolute Gasteiger partial charge is 0 e. The summed E-state index contributed by atoms with van der Waals surface area (Å²) < 4.78 is 0. The van der Waals surface area contributed by atoms with Crippen molar-refractivity contribution >= 4 is 6.29 Å². The summed E-state index contributed by atoms with van der Waals surface area (Å²) in [7, 11) is 0. The fraction of sp³-hybridized carbons (Fsp3) is 0. The molecular weight excluding hydrogens is 143 g/mol. The molecule has 0 fully saturated rings. The van der Waals surface area contributed by atoms with Gasteiger partial charge in [0.2, 0.25) is 0 Å². The minimum atomic E-state index is 0. The van der Waals surface area contributed by atoms with Crippen LogP contribution in [0.2, 0.25) is 0 Å². The van der Waals surface area contributed by atoms with Crippen LogP contribution in [-0.2, 0) is 31.0 Å². The Bertz CT molecular complexity index is 27.9. The summed E-state index contributed by atoms with van der Waals surface area (Å²) in [5, 5.41) is 0. The predicted octanol–water partition coefficient (Wildman–Crippen LogP) is 0.280. The van der Waals surface area contributed by atoms with E-state index in [0.717, 1.165) is 6.08 Å². The van der Waals surface area contributed by atoms with Crippen LogP contribution in [0.1, 0.15) is 0 Å². The Morgan fingerprint density at radius 2 is 2.00 bits per heavy atom. The topological polar surface area (TPSA) is 17.1 Å². The van der Waals surface area contributed by atoms with Gasteiger partial charge in [-0.15, -0.1) is 0 Å². The minimum absolute atomic E-state index is 0. The minimum Gasteiger partial charge on any atom is -0.419 e. The van der Waals surface area contributed by atoms with Gasteiger partial charge in [-0.1, -0.05) is 0 Å². The summed E-state index contributed by atoms with van der Waals surface area (Å²) in [5.41, 5.74) is 0. The summed E-state index contributed by atoms with van der Waals surface area (Å²) in [6.45, 7) is 3.06. The normalized spacial score (nSPS) is 4.00. The van der Waals surface area contributed by atoms with Crippen LogP contribution in [-0.4, -0.2) is 6.29 Å². The van der Waals surface area contributed by atoms with E-state index in [2.05, 4.69) is 6.58 Å². The molecule has 0 aliphatic heterocycles. The van der Waals surface area contributed by atoms with Crippen LogP contribution in [0.25, 0.3) is 0 Å². The molecule has 1 nitrogen and oxygen atoms in total. The van der Waals surface area contributed by atoms with E-state index in [1.807, 2.05) is 0 Å². The van der Waals surface area contributed by atoms with Crippen LogP contribution >= 0.6 is 0 Å². The Balaban J connectivity index is 0. The maximum absolute atomic E-state index is 8.93. The Labute approximate surface area is 50.2 Å². The molecule has 0 bridgehead atoms. The molecule has 0 saturated carbocycles. The van der Waals surface area contributed by atoms with Crippen molar-refractivity contribution in [1.29, 1.82) is 0 Å². The molecule has 0 radical (unpaired) electrons. The standard InChI is InChI=1S/C3H3O.Zr/c1-2-3-4;/h2H,1H2;/q-1;. The fourth-order valence-corrected chi connectivity index (χ4v) is 0. The van der Waals surface area contributed by atoms with E-state index in [9.17, 15) is 0 Å². The fourth-order valence-electron chi connectivity index (χ4n) is 0. The molecule has 0 aromatic carbocycles. The molecule has 0 saturated heterocycles. The largest absolute Gasteiger partial charge is 0.419 e. The molecule has 0 aliphatic rings. The second kappa shape index (κ2) is 8.85. The predicted molar refractivity (Wildman–Crippen MR) is 15.9 cm³/mol. The summed E-state index contributed by atoms with van der Waals surface area (Å²) in [5.74, 6) is 0. The van der Waals surface area contributed by atoms with E-state index >= 15 is 0 Å². The molecule has 5 heavy (non-hydrogen) atoms. The first-order valence-electron chi connectivity index (χ1n) is 0.901. The monoisotopic (exact) mass is 145 g/mol. The molecule has 0 rings (SSSR count). The summed E-state index contributed by atoms with van der Waals surface area (Å²) in [4.78, 5) is 8.93. The molecule has 0 aromatic rings. The van der Waals surface area contributed by atoms with Gasteiger partial charge in [0.25, 0.3) is 0 Å². The van der Waals surface area contributed by atoms with Crippen LogP contribution < -0.4 is 0 Å². The van der Waals surface area contributed by atoms with E-state index in [4.69, 9.17) is 4.79 Å². The molecular formula is C3H3OZr-. The second-order valence-electron chi connectivity index (χ2n) is 0.322. The van der Waals surface area contributed by atoms with Gasteiger partial charge in [-0.2, -0.15) is 0 Å². The zero-order valence-corrected chi connectivity index (χ0v) is 5.15. The molecule has 0 aliphatic carbocycles. The van der Waals surface area contributed by atoms with Crippen molar-refractivity contribution in [3.05, 3.63) is 12.7 Å². The molecule has 0 atom stereocenters. The average molecular weight is 146 g/mol. The summed E-state index contributed by atoms with van der Waals surface area (Å²) in [6.07, 6.45) is 2.51. The van der Waals surface area contributed by atoms with Crippen molar-refractivity contribution in [2.45, 2.75) is 0 Å². The first kappa shape index (κ1) is 9.00. The van der Waals surface area contributed by atoms with Crippen LogP contribution in [0, 0.1) is 0 Å². The molecule has 0 heterocycles. The van der Waals surface area contributed by atoms with E-state index in [1.54, 1.807) is 0 Å².